The minimum Gasteiger partial charge on any atom is -0.368 e. The van der Waals surface area contributed by atoms with E-state index in [-0.39, 0.29) is 6.54 Å². The summed E-state index contributed by atoms with van der Waals surface area (Å²) in [5.74, 6) is -0.490. The van der Waals surface area contributed by atoms with E-state index in [1.807, 2.05) is 6.92 Å². The average Bonchev–Trinajstić information content (AvgIpc) is 2.04. The Bertz CT molecular complexity index is 186. The van der Waals surface area contributed by atoms with Crippen LogP contribution < -0.4 is 11.1 Å². The lowest BCUT2D eigenvalue weighted by atomic mass is 10.3. The van der Waals surface area contributed by atoms with E-state index in [1.165, 1.54) is 0 Å². The summed E-state index contributed by atoms with van der Waals surface area (Å²) in [6, 6.07) is -0.541. The highest BCUT2D eigenvalue weighted by atomic mass is 16.1. The molecule has 0 aliphatic heterocycles. The summed E-state index contributed by atoms with van der Waals surface area (Å²) in [6.45, 7) is 2.74. The molecule has 1 atom stereocenters. The van der Waals surface area contributed by atoms with Crippen LogP contribution in [0.5, 0.6) is 0 Å². The predicted octanol–water partition coefficient (Wildman–Crippen LogP) is 0.150. The topological polar surface area (TPSA) is 104 Å². The maximum atomic E-state index is 10.7. The van der Waals surface area contributed by atoms with Crippen LogP contribution in [0.2, 0.25) is 0 Å². The predicted molar refractivity (Wildman–Crippen MR) is 45.3 cm³/mol. The van der Waals surface area contributed by atoms with Crippen molar-refractivity contribution in [3.63, 3.8) is 0 Å². The van der Waals surface area contributed by atoms with Gasteiger partial charge in [-0.25, -0.2) is 0 Å². The van der Waals surface area contributed by atoms with Crippen molar-refractivity contribution < 1.29 is 4.79 Å². The highest BCUT2D eigenvalue weighted by molar-refractivity contribution is 5.80. The number of amides is 1. The zero-order valence-corrected chi connectivity index (χ0v) is 7.03. The molecular formula is C6H13N5O. The number of hydrogen-bond donors (Lipinski definition) is 2. The molecule has 0 radical (unpaired) electrons. The lowest BCUT2D eigenvalue weighted by molar-refractivity contribution is -0.119. The molecule has 0 aliphatic carbocycles. The first-order chi connectivity index (χ1) is 5.72. The van der Waals surface area contributed by atoms with Gasteiger partial charge in [0.25, 0.3) is 0 Å². The van der Waals surface area contributed by atoms with Crippen LogP contribution in [-0.2, 0) is 4.79 Å². The smallest absolute Gasteiger partial charge is 0.234 e. The van der Waals surface area contributed by atoms with Gasteiger partial charge in [0, 0.05) is 4.91 Å². The maximum absolute atomic E-state index is 10.7. The van der Waals surface area contributed by atoms with Crippen LogP contribution in [0.1, 0.15) is 13.3 Å². The Kier molecular flexibility index (Phi) is 5.77. The largest absolute Gasteiger partial charge is 0.368 e. The van der Waals surface area contributed by atoms with Gasteiger partial charge in [-0.05, 0) is 18.5 Å². The number of nitrogens with zero attached hydrogens (tertiary/aromatic N) is 3. The summed E-state index contributed by atoms with van der Waals surface area (Å²) in [7, 11) is 0. The van der Waals surface area contributed by atoms with Crippen LogP contribution in [-0.4, -0.2) is 25.0 Å². The van der Waals surface area contributed by atoms with Gasteiger partial charge in [-0.1, -0.05) is 12.0 Å². The number of carbonyl (C=O) groups is 1. The molecule has 68 valence electrons. The van der Waals surface area contributed by atoms with Crippen molar-refractivity contribution >= 4 is 5.91 Å². The number of carbonyl (C=O) groups excluding carboxylic acids is 1. The van der Waals surface area contributed by atoms with Gasteiger partial charge in [0.05, 0.1) is 12.6 Å². The Morgan fingerprint density at radius 1 is 1.83 bits per heavy atom. The molecule has 0 rings (SSSR count). The summed E-state index contributed by atoms with van der Waals surface area (Å²) < 4.78 is 0. The molecule has 0 spiro atoms. The highest BCUT2D eigenvalue weighted by Crippen LogP contribution is 1.85. The maximum Gasteiger partial charge on any atom is 0.234 e. The first kappa shape index (κ1) is 10.7. The fourth-order valence-electron chi connectivity index (χ4n) is 0.692. The average molecular weight is 171 g/mol. The van der Waals surface area contributed by atoms with Crippen LogP contribution in [0.25, 0.3) is 10.4 Å². The molecule has 0 saturated carbocycles. The van der Waals surface area contributed by atoms with Gasteiger partial charge in [0.15, 0.2) is 0 Å². The normalized spacial score (nSPS) is 11.8. The fraction of sp³-hybridized carbons (Fsp3) is 0.833. The molecule has 6 nitrogen and oxygen atoms in total. The molecule has 0 aromatic carbocycles. The van der Waals surface area contributed by atoms with E-state index in [9.17, 15) is 4.79 Å². The zero-order valence-electron chi connectivity index (χ0n) is 7.03. The van der Waals surface area contributed by atoms with Gasteiger partial charge in [0.1, 0.15) is 0 Å². The number of nitrogens with one attached hydrogen (secondary N) is 1. The quantitative estimate of drug-likeness (QED) is 0.337. The number of hydrogen-bond acceptors (Lipinski definition) is 3. The van der Waals surface area contributed by atoms with Gasteiger partial charge >= 0.3 is 0 Å². The van der Waals surface area contributed by atoms with E-state index < -0.39 is 11.9 Å². The lowest BCUT2D eigenvalue weighted by Gasteiger charge is -2.10. The van der Waals surface area contributed by atoms with Crippen molar-refractivity contribution in [2.24, 2.45) is 10.8 Å². The third-order valence-electron chi connectivity index (χ3n) is 1.31. The molecule has 3 N–H and O–H groups in total. The summed E-state index contributed by atoms with van der Waals surface area (Å²) in [4.78, 5) is 13.2. The lowest BCUT2D eigenvalue weighted by Crippen LogP contribution is -2.43. The van der Waals surface area contributed by atoms with Crippen LogP contribution in [0.15, 0.2) is 5.11 Å². The fourth-order valence-corrected chi connectivity index (χ4v) is 0.692. The summed E-state index contributed by atoms with van der Waals surface area (Å²) >= 11 is 0. The van der Waals surface area contributed by atoms with E-state index in [1.54, 1.807) is 0 Å². The van der Waals surface area contributed by atoms with Crippen molar-refractivity contribution in [1.82, 2.24) is 5.32 Å². The Balaban J connectivity index is 3.86. The molecule has 0 heterocycles. The molecule has 0 aromatic rings. The minimum absolute atomic E-state index is 0.0752. The van der Waals surface area contributed by atoms with Gasteiger partial charge in [0.2, 0.25) is 5.91 Å². The second kappa shape index (κ2) is 6.45. The Labute approximate surface area is 70.7 Å². The third-order valence-corrected chi connectivity index (χ3v) is 1.31. The molecule has 12 heavy (non-hydrogen) atoms. The molecule has 0 fully saturated rings. The van der Waals surface area contributed by atoms with Crippen molar-refractivity contribution in [2.45, 2.75) is 19.4 Å². The molecule has 0 bridgehead atoms. The minimum atomic E-state index is -0.541. The molecule has 1 unspecified atom stereocenters. The first-order valence-corrected chi connectivity index (χ1v) is 3.76. The molecular weight excluding hydrogens is 158 g/mol. The van der Waals surface area contributed by atoms with Crippen LogP contribution in [0.4, 0.5) is 0 Å². The van der Waals surface area contributed by atoms with E-state index in [4.69, 9.17) is 11.3 Å². The van der Waals surface area contributed by atoms with Crippen LogP contribution in [0.3, 0.4) is 0 Å². The van der Waals surface area contributed by atoms with Gasteiger partial charge in [-0.3, -0.25) is 4.79 Å². The van der Waals surface area contributed by atoms with Crippen molar-refractivity contribution in [3.05, 3.63) is 10.4 Å². The zero-order chi connectivity index (χ0) is 9.40. The number of rotatable bonds is 6. The molecule has 6 heteroatoms. The standard InChI is InChI=1S/C6H13N5O/c1-2-3-9-5(6(7)12)4-10-11-8/h5,9H,2-4H2,1H3,(H2,7,12). The van der Waals surface area contributed by atoms with E-state index in [0.29, 0.717) is 6.54 Å². The molecule has 0 saturated heterocycles. The summed E-state index contributed by atoms with van der Waals surface area (Å²) in [5.41, 5.74) is 13.0. The summed E-state index contributed by atoms with van der Waals surface area (Å²) in [5, 5.41) is 6.13. The third kappa shape index (κ3) is 4.54. The van der Waals surface area contributed by atoms with Crippen molar-refractivity contribution in [1.29, 1.82) is 0 Å². The SMILES string of the molecule is CCCNC(CN=[N+]=[N-])C(N)=O. The van der Waals surface area contributed by atoms with Gasteiger partial charge in [-0.2, -0.15) is 0 Å². The second-order valence-electron chi connectivity index (χ2n) is 2.32. The van der Waals surface area contributed by atoms with Gasteiger partial charge < -0.3 is 11.1 Å². The Morgan fingerprint density at radius 2 is 2.50 bits per heavy atom. The van der Waals surface area contributed by atoms with E-state index >= 15 is 0 Å². The van der Waals surface area contributed by atoms with E-state index in [2.05, 4.69) is 15.3 Å². The first-order valence-electron chi connectivity index (χ1n) is 3.76. The molecule has 0 aliphatic rings. The van der Waals surface area contributed by atoms with E-state index in [0.717, 1.165) is 6.42 Å². The van der Waals surface area contributed by atoms with Crippen molar-refractivity contribution in [2.75, 3.05) is 13.1 Å². The number of nitrogens with two attached hydrogens (primary N) is 1. The molecule has 0 aromatic heterocycles. The second-order valence-corrected chi connectivity index (χ2v) is 2.32. The Hall–Kier alpha value is -1.26. The number of primary amides is 1. The molecule has 1 amide bonds. The van der Waals surface area contributed by atoms with Crippen molar-refractivity contribution in [3.8, 4) is 0 Å². The Morgan fingerprint density at radius 3 is 2.92 bits per heavy atom. The summed E-state index contributed by atoms with van der Waals surface area (Å²) in [6.07, 6.45) is 0.903. The monoisotopic (exact) mass is 171 g/mol. The van der Waals surface area contributed by atoms with Gasteiger partial charge in [-0.15, -0.1) is 0 Å². The van der Waals surface area contributed by atoms with Crippen LogP contribution >= 0.6 is 0 Å². The highest BCUT2D eigenvalue weighted by Gasteiger charge is 2.11. The number of azide groups is 1. The van der Waals surface area contributed by atoms with Crippen LogP contribution in [0, 0.1) is 0 Å².